The number of para-hydroxylation sites is 1. The SMILES string of the molecule is CC(C)(C)OC(=O)N1CCC(C(CO)CCNc2ccccc2)CC1. The van der Waals surface area contributed by atoms with Crippen molar-refractivity contribution < 1.29 is 14.6 Å². The van der Waals surface area contributed by atoms with E-state index in [4.69, 9.17) is 4.74 Å². The maximum Gasteiger partial charge on any atom is 0.410 e. The van der Waals surface area contributed by atoms with Gasteiger partial charge in [0.25, 0.3) is 0 Å². The molecule has 1 atom stereocenters. The molecule has 2 N–H and O–H groups in total. The number of piperidine rings is 1. The first-order valence-electron chi connectivity index (χ1n) is 9.27. The molecule has 0 aromatic heterocycles. The van der Waals surface area contributed by atoms with E-state index in [2.05, 4.69) is 5.32 Å². The Morgan fingerprint density at radius 3 is 2.48 bits per heavy atom. The maximum atomic E-state index is 12.1. The van der Waals surface area contributed by atoms with Crippen molar-refractivity contribution in [2.24, 2.45) is 11.8 Å². The van der Waals surface area contributed by atoms with Crippen LogP contribution in [0.1, 0.15) is 40.0 Å². The minimum absolute atomic E-state index is 0.202. The average molecular weight is 348 g/mol. The van der Waals surface area contributed by atoms with Crippen molar-refractivity contribution >= 4 is 11.8 Å². The van der Waals surface area contributed by atoms with Gasteiger partial charge in [-0.15, -0.1) is 0 Å². The lowest BCUT2D eigenvalue weighted by Crippen LogP contribution is -2.43. The third-order valence-electron chi connectivity index (χ3n) is 4.71. The van der Waals surface area contributed by atoms with Crippen LogP contribution in [0, 0.1) is 11.8 Å². The number of aliphatic hydroxyl groups excluding tert-OH is 1. The molecule has 0 bridgehead atoms. The third kappa shape index (κ3) is 6.58. The van der Waals surface area contributed by atoms with E-state index in [0.717, 1.165) is 31.5 Å². The number of nitrogens with zero attached hydrogens (tertiary/aromatic N) is 1. The highest BCUT2D eigenvalue weighted by molar-refractivity contribution is 5.68. The Hall–Kier alpha value is -1.75. The Morgan fingerprint density at radius 1 is 1.28 bits per heavy atom. The fourth-order valence-corrected chi connectivity index (χ4v) is 3.31. The average Bonchev–Trinajstić information content (AvgIpc) is 2.58. The number of carbonyl (C=O) groups is 1. The van der Waals surface area contributed by atoms with Crippen LogP contribution in [-0.4, -0.2) is 47.9 Å². The van der Waals surface area contributed by atoms with E-state index in [0.29, 0.717) is 19.0 Å². The number of rotatable bonds is 6. The molecule has 1 fully saturated rings. The minimum atomic E-state index is -0.454. The zero-order chi connectivity index (χ0) is 18.3. The van der Waals surface area contributed by atoms with Gasteiger partial charge in [0.2, 0.25) is 0 Å². The van der Waals surface area contributed by atoms with Gasteiger partial charge in [0.15, 0.2) is 0 Å². The van der Waals surface area contributed by atoms with E-state index in [9.17, 15) is 9.90 Å². The van der Waals surface area contributed by atoms with E-state index >= 15 is 0 Å². The Bertz CT molecular complexity index is 519. The highest BCUT2D eigenvalue weighted by Gasteiger charge is 2.30. The van der Waals surface area contributed by atoms with E-state index in [1.807, 2.05) is 51.1 Å². The van der Waals surface area contributed by atoms with Crippen LogP contribution in [0.15, 0.2) is 30.3 Å². The number of hydrogen-bond donors (Lipinski definition) is 2. The van der Waals surface area contributed by atoms with Gasteiger partial charge >= 0.3 is 6.09 Å². The van der Waals surface area contributed by atoms with Gasteiger partial charge in [-0.1, -0.05) is 18.2 Å². The summed E-state index contributed by atoms with van der Waals surface area (Å²) in [6.07, 6.45) is 2.56. The highest BCUT2D eigenvalue weighted by Crippen LogP contribution is 2.28. The fraction of sp³-hybridized carbons (Fsp3) is 0.650. The summed E-state index contributed by atoms with van der Waals surface area (Å²) in [6.45, 7) is 8.14. The van der Waals surface area contributed by atoms with Gasteiger partial charge in [-0.2, -0.15) is 0 Å². The molecule has 5 heteroatoms. The summed E-state index contributed by atoms with van der Waals surface area (Å²) in [5, 5.41) is 13.2. The van der Waals surface area contributed by atoms with Crippen molar-refractivity contribution in [1.29, 1.82) is 0 Å². The van der Waals surface area contributed by atoms with Crippen molar-refractivity contribution in [3.63, 3.8) is 0 Å². The van der Waals surface area contributed by atoms with Crippen LogP contribution in [0.25, 0.3) is 0 Å². The Balaban J connectivity index is 1.74. The standard InChI is InChI=1S/C20H32N2O3/c1-20(2,3)25-19(24)22-13-10-16(11-14-22)17(15-23)9-12-21-18-7-5-4-6-8-18/h4-8,16-17,21,23H,9-15H2,1-3H3. The van der Waals surface area contributed by atoms with Crippen LogP contribution in [-0.2, 0) is 4.74 Å². The van der Waals surface area contributed by atoms with Crippen LogP contribution >= 0.6 is 0 Å². The molecule has 0 spiro atoms. The Labute approximate surface area is 151 Å². The molecule has 1 amide bonds. The van der Waals surface area contributed by atoms with Crippen LogP contribution in [0.4, 0.5) is 10.5 Å². The van der Waals surface area contributed by atoms with Crippen molar-refractivity contribution in [3.8, 4) is 0 Å². The first-order chi connectivity index (χ1) is 11.9. The molecule has 1 aromatic carbocycles. The molecule has 0 saturated carbocycles. The molecule has 1 saturated heterocycles. The van der Waals surface area contributed by atoms with E-state index in [-0.39, 0.29) is 18.6 Å². The number of ether oxygens (including phenoxy) is 1. The zero-order valence-corrected chi connectivity index (χ0v) is 15.7. The Morgan fingerprint density at radius 2 is 1.92 bits per heavy atom. The smallest absolute Gasteiger partial charge is 0.410 e. The molecular weight excluding hydrogens is 316 g/mol. The van der Waals surface area contributed by atoms with Gasteiger partial charge in [0.05, 0.1) is 0 Å². The summed E-state index contributed by atoms with van der Waals surface area (Å²) in [7, 11) is 0. The zero-order valence-electron chi connectivity index (χ0n) is 15.7. The first-order valence-corrected chi connectivity index (χ1v) is 9.27. The van der Waals surface area contributed by atoms with E-state index in [1.165, 1.54) is 0 Å². The molecule has 25 heavy (non-hydrogen) atoms. The first kappa shape index (κ1) is 19.6. The molecular formula is C20H32N2O3. The van der Waals surface area contributed by atoms with Crippen LogP contribution in [0.3, 0.4) is 0 Å². The van der Waals surface area contributed by atoms with Crippen LogP contribution < -0.4 is 5.32 Å². The lowest BCUT2D eigenvalue weighted by Gasteiger charge is -2.36. The van der Waals surface area contributed by atoms with Gasteiger partial charge in [0.1, 0.15) is 5.60 Å². The second-order valence-electron chi connectivity index (χ2n) is 7.83. The monoisotopic (exact) mass is 348 g/mol. The molecule has 1 unspecified atom stereocenters. The van der Waals surface area contributed by atoms with Gasteiger partial charge < -0.3 is 20.1 Å². The molecule has 140 valence electrons. The largest absolute Gasteiger partial charge is 0.444 e. The number of nitrogens with one attached hydrogen (secondary N) is 1. The summed E-state index contributed by atoms with van der Waals surface area (Å²) in [6, 6.07) is 10.1. The summed E-state index contributed by atoms with van der Waals surface area (Å²) in [5.74, 6) is 0.734. The molecule has 1 aromatic rings. The fourth-order valence-electron chi connectivity index (χ4n) is 3.31. The normalized spacial score (nSPS) is 17.2. The second kappa shape index (κ2) is 9.09. The van der Waals surface area contributed by atoms with Gasteiger partial charge in [-0.25, -0.2) is 4.79 Å². The number of carbonyl (C=O) groups excluding carboxylic acids is 1. The quantitative estimate of drug-likeness (QED) is 0.822. The topological polar surface area (TPSA) is 61.8 Å². The predicted molar refractivity (Wildman–Crippen MR) is 101 cm³/mol. The number of benzene rings is 1. The predicted octanol–water partition coefficient (Wildman–Crippen LogP) is 3.74. The van der Waals surface area contributed by atoms with Crippen molar-refractivity contribution in [3.05, 3.63) is 30.3 Å². The molecule has 1 aliphatic heterocycles. The van der Waals surface area contributed by atoms with Crippen molar-refractivity contribution in [2.45, 2.75) is 45.6 Å². The highest BCUT2D eigenvalue weighted by atomic mass is 16.6. The summed E-state index contributed by atoms with van der Waals surface area (Å²) in [4.78, 5) is 13.9. The van der Waals surface area contributed by atoms with E-state index in [1.54, 1.807) is 4.90 Å². The number of likely N-dealkylation sites (tertiary alicyclic amines) is 1. The molecule has 0 radical (unpaired) electrons. The number of anilines is 1. The lowest BCUT2D eigenvalue weighted by molar-refractivity contribution is 0.0139. The summed E-state index contributed by atoms with van der Waals surface area (Å²) < 4.78 is 5.44. The molecule has 2 rings (SSSR count). The summed E-state index contributed by atoms with van der Waals surface area (Å²) in [5.41, 5.74) is 0.656. The molecule has 1 aliphatic rings. The van der Waals surface area contributed by atoms with Crippen LogP contribution in [0.5, 0.6) is 0 Å². The van der Waals surface area contributed by atoms with Crippen molar-refractivity contribution in [1.82, 2.24) is 4.90 Å². The van der Waals surface area contributed by atoms with Gasteiger partial charge in [-0.05, 0) is 64.0 Å². The molecule has 1 heterocycles. The minimum Gasteiger partial charge on any atom is -0.444 e. The number of hydrogen-bond acceptors (Lipinski definition) is 4. The maximum absolute atomic E-state index is 12.1. The van der Waals surface area contributed by atoms with Crippen molar-refractivity contribution in [2.75, 3.05) is 31.6 Å². The van der Waals surface area contributed by atoms with Crippen LogP contribution in [0.2, 0.25) is 0 Å². The molecule has 0 aliphatic carbocycles. The Kier molecular flexibility index (Phi) is 7.12. The second-order valence-corrected chi connectivity index (χ2v) is 7.83. The number of amides is 1. The number of aliphatic hydroxyl groups is 1. The van der Waals surface area contributed by atoms with Gasteiger partial charge in [-0.3, -0.25) is 0 Å². The summed E-state index contributed by atoms with van der Waals surface area (Å²) >= 11 is 0. The third-order valence-corrected chi connectivity index (χ3v) is 4.71. The van der Waals surface area contributed by atoms with E-state index < -0.39 is 5.60 Å². The molecule has 5 nitrogen and oxygen atoms in total. The lowest BCUT2D eigenvalue weighted by atomic mass is 9.83. The van der Waals surface area contributed by atoms with Gasteiger partial charge in [0, 0.05) is 31.9 Å².